The number of hydrogen-bond acceptors (Lipinski definition) is 6. The topological polar surface area (TPSA) is 98.9 Å². The highest BCUT2D eigenvalue weighted by Crippen LogP contribution is 1.87. The van der Waals surface area contributed by atoms with E-state index in [0.29, 0.717) is 0 Å². The molecule has 58 valence electrons. The van der Waals surface area contributed by atoms with Crippen LogP contribution >= 0.6 is 0 Å². The molecule has 0 saturated carbocycles. The minimum atomic E-state index is -1.43. The molecule has 0 heterocycles. The monoisotopic (exact) mass is 151 g/mol. The van der Waals surface area contributed by atoms with Crippen molar-refractivity contribution in [1.82, 2.24) is 0 Å². The van der Waals surface area contributed by atoms with E-state index in [1.807, 2.05) is 0 Å². The number of carbonyl (C=O) groups excluding carboxylic acids is 1. The second-order valence-electron chi connectivity index (χ2n) is 1.38. The van der Waals surface area contributed by atoms with Crippen LogP contribution in [0.4, 0.5) is 0 Å². The Bertz CT molecular complexity index is 142. The molecule has 1 atom stereocenters. The lowest BCUT2D eigenvalue weighted by atomic mass is 10.4. The number of hydrogen-bond donors (Lipinski definition) is 1. The summed E-state index contributed by atoms with van der Waals surface area (Å²) in [6.45, 7) is 1.09. The minimum Gasteiger partial charge on any atom is -0.382 e. The van der Waals surface area contributed by atoms with Crippen LogP contribution < -0.4 is 0 Å². The zero-order valence-electron chi connectivity index (χ0n) is 5.01. The molecule has 0 amide bonds. The molecule has 0 spiro atoms. The maximum Gasteiger partial charge on any atom is 0.370 e. The van der Waals surface area contributed by atoms with Gasteiger partial charge in [-0.15, -0.1) is 10.1 Å². The van der Waals surface area contributed by atoms with E-state index in [2.05, 4.69) is 9.88 Å². The zero-order valence-corrected chi connectivity index (χ0v) is 5.01. The maximum atomic E-state index is 10.1. The average Bonchev–Trinajstić information content (AvgIpc) is 1.82. The van der Waals surface area contributed by atoms with Gasteiger partial charge < -0.3 is 5.11 Å². The highest BCUT2D eigenvalue weighted by molar-refractivity contribution is 5.73. The Kier molecular flexibility index (Phi) is 3.12. The van der Waals surface area contributed by atoms with Crippen LogP contribution in [0.1, 0.15) is 6.92 Å². The van der Waals surface area contributed by atoms with Crippen molar-refractivity contribution in [2.45, 2.75) is 13.0 Å². The van der Waals surface area contributed by atoms with E-state index in [1.54, 1.807) is 0 Å². The Morgan fingerprint density at radius 1 is 1.80 bits per heavy atom. The van der Waals surface area contributed by atoms with Crippen LogP contribution in [0.3, 0.4) is 0 Å². The van der Waals surface area contributed by atoms with Gasteiger partial charge in [0, 0.05) is 0 Å². The second-order valence-corrected chi connectivity index (χ2v) is 1.38. The van der Waals surface area contributed by atoms with E-state index < -0.39 is 17.2 Å². The molecule has 0 aliphatic rings. The van der Waals surface area contributed by atoms with Crippen molar-refractivity contribution in [2.24, 2.45) is 0 Å². The fraction of sp³-hybridized carbons (Fsp3) is 0.667. The van der Waals surface area contributed by atoms with Gasteiger partial charge >= 0.3 is 11.1 Å². The highest BCUT2D eigenvalue weighted by atomic mass is 17.3. The molecule has 0 fully saturated rings. The van der Waals surface area contributed by atoms with Crippen LogP contribution in [0.5, 0.6) is 0 Å². The molecule has 0 bridgehead atoms. The van der Waals surface area contributed by atoms with Gasteiger partial charge in [-0.1, -0.05) is 4.99 Å². The fourth-order valence-electron chi connectivity index (χ4n) is 0.137. The number of carbonyl (C=O) groups is 1. The van der Waals surface area contributed by atoms with Gasteiger partial charge in [0.2, 0.25) is 0 Å². The summed E-state index contributed by atoms with van der Waals surface area (Å²) < 4.78 is 0. The smallest absolute Gasteiger partial charge is 0.370 e. The van der Waals surface area contributed by atoms with Gasteiger partial charge in [0.1, 0.15) is 0 Å². The predicted octanol–water partition coefficient (Wildman–Crippen LogP) is -0.966. The van der Waals surface area contributed by atoms with Crippen LogP contribution in [-0.2, 0) is 14.7 Å². The van der Waals surface area contributed by atoms with Gasteiger partial charge in [0.05, 0.1) is 0 Å². The summed E-state index contributed by atoms with van der Waals surface area (Å²) in [6, 6.07) is 0. The Hall–Kier alpha value is -1.37. The second kappa shape index (κ2) is 3.62. The standard InChI is InChI=1S/C3H5NO6/c1-2(5)3(6)9-10-4(7)8/h2,5H,1H3. The average molecular weight is 151 g/mol. The van der Waals surface area contributed by atoms with Gasteiger partial charge in [0.15, 0.2) is 6.10 Å². The number of aliphatic hydroxyl groups excluding tert-OH is 1. The number of rotatable bonds is 3. The summed E-state index contributed by atoms with van der Waals surface area (Å²) in [5, 5.41) is 16.4. The summed E-state index contributed by atoms with van der Waals surface area (Å²) in [7, 11) is 0. The third kappa shape index (κ3) is 3.61. The summed E-state index contributed by atoms with van der Waals surface area (Å²) in [4.78, 5) is 26.2. The van der Waals surface area contributed by atoms with Crippen LogP contribution in [-0.4, -0.2) is 22.3 Å². The highest BCUT2D eigenvalue weighted by Gasteiger charge is 2.12. The van der Waals surface area contributed by atoms with Crippen molar-refractivity contribution in [1.29, 1.82) is 0 Å². The van der Waals surface area contributed by atoms with Crippen molar-refractivity contribution in [3.05, 3.63) is 10.1 Å². The summed E-state index contributed by atoms with van der Waals surface area (Å²) >= 11 is 0. The molecule has 0 rings (SSSR count). The summed E-state index contributed by atoms with van der Waals surface area (Å²) in [5.74, 6) is -1.21. The Balaban J connectivity index is 3.50. The molecule has 0 radical (unpaired) electrons. The molecule has 0 aromatic carbocycles. The van der Waals surface area contributed by atoms with Crippen molar-refractivity contribution in [2.75, 3.05) is 0 Å². The molecular weight excluding hydrogens is 146 g/mol. The molecule has 7 heteroatoms. The minimum absolute atomic E-state index is 1.09. The molecule has 0 saturated heterocycles. The van der Waals surface area contributed by atoms with Crippen LogP contribution in [0.15, 0.2) is 0 Å². The molecule has 0 aromatic rings. The van der Waals surface area contributed by atoms with E-state index in [1.165, 1.54) is 0 Å². The van der Waals surface area contributed by atoms with Crippen molar-refractivity contribution < 1.29 is 24.9 Å². The largest absolute Gasteiger partial charge is 0.382 e. The molecule has 1 unspecified atom stereocenters. The third-order valence-corrected chi connectivity index (χ3v) is 0.521. The normalized spacial score (nSPS) is 11.8. The molecular formula is C3H5NO6. The quantitative estimate of drug-likeness (QED) is 0.316. The Labute approximate surface area is 55.2 Å². The SMILES string of the molecule is CC(O)C(=O)OO[N+](=O)[O-]. The molecule has 1 N–H and O–H groups in total. The summed E-state index contributed by atoms with van der Waals surface area (Å²) in [6.07, 6.45) is -1.43. The Morgan fingerprint density at radius 2 is 2.30 bits per heavy atom. The predicted molar refractivity (Wildman–Crippen MR) is 25.9 cm³/mol. The molecule has 0 aliphatic heterocycles. The maximum absolute atomic E-state index is 10.1. The lowest BCUT2D eigenvalue weighted by Crippen LogP contribution is -2.20. The first-order valence-corrected chi connectivity index (χ1v) is 2.25. The van der Waals surface area contributed by atoms with E-state index in [0.717, 1.165) is 6.92 Å². The van der Waals surface area contributed by atoms with Crippen LogP contribution in [0.25, 0.3) is 0 Å². The van der Waals surface area contributed by atoms with Gasteiger partial charge in [0.25, 0.3) is 0 Å². The van der Waals surface area contributed by atoms with Gasteiger partial charge in [-0.25, -0.2) is 4.79 Å². The van der Waals surface area contributed by atoms with Gasteiger partial charge in [-0.3, -0.25) is 4.89 Å². The fourth-order valence-corrected chi connectivity index (χ4v) is 0.137. The van der Waals surface area contributed by atoms with E-state index in [9.17, 15) is 14.9 Å². The molecule has 0 aliphatic carbocycles. The van der Waals surface area contributed by atoms with Crippen molar-refractivity contribution in [3.63, 3.8) is 0 Å². The van der Waals surface area contributed by atoms with E-state index >= 15 is 0 Å². The van der Waals surface area contributed by atoms with E-state index in [-0.39, 0.29) is 0 Å². The van der Waals surface area contributed by atoms with Gasteiger partial charge in [-0.05, 0) is 6.92 Å². The molecule has 0 aromatic heterocycles. The lowest BCUT2D eigenvalue weighted by Gasteiger charge is -1.99. The lowest BCUT2D eigenvalue weighted by molar-refractivity contribution is -0.840. The first-order chi connectivity index (χ1) is 4.54. The zero-order chi connectivity index (χ0) is 8.15. The summed E-state index contributed by atoms with van der Waals surface area (Å²) in [5.41, 5.74) is 0. The van der Waals surface area contributed by atoms with Crippen LogP contribution in [0.2, 0.25) is 0 Å². The number of aliphatic hydroxyl groups is 1. The number of nitrogens with zero attached hydrogens (tertiary/aromatic N) is 1. The Morgan fingerprint density at radius 3 is 2.60 bits per heavy atom. The first-order valence-electron chi connectivity index (χ1n) is 2.25. The van der Waals surface area contributed by atoms with Crippen molar-refractivity contribution >= 4 is 5.97 Å². The van der Waals surface area contributed by atoms with Gasteiger partial charge in [-0.2, -0.15) is 0 Å². The molecule has 7 nitrogen and oxygen atoms in total. The molecule has 10 heavy (non-hydrogen) atoms. The van der Waals surface area contributed by atoms with Crippen LogP contribution in [0, 0.1) is 10.1 Å². The van der Waals surface area contributed by atoms with Crippen molar-refractivity contribution in [3.8, 4) is 0 Å². The van der Waals surface area contributed by atoms with E-state index in [4.69, 9.17) is 5.11 Å². The third-order valence-electron chi connectivity index (χ3n) is 0.521. The first kappa shape index (κ1) is 8.63.